The van der Waals surface area contributed by atoms with Crippen molar-refractivity contribution in [2.75, 3.05) is 13.4 Å². The van der Waals surface area contributed by atoms with Gasteiger partial charge in [-0.1, -0.05) is 19.9 Å². The van der Waals surface area contributed by atoms with Crippen LogP contribution in [0.3, 0.4) is 0 Å². The minimum atomic E-state index is -0.110. The van der Waals surface area contributed by atoms with Gasteiger partial charge in [-0.15, -0.1) is 0 Å². The van der Waals surface area contributed by atoms with E-state index in [1.807, 2.05) is 44.2 Å². The number of carbonyl (C=O) groups is 1. The molecule has 3 aromatic rings. The Hall–Kier alpha value is -2.95. The molecule has 28 heavy (non-hydrogen) atoms. The Morgan fingerprint density at radius 2 is 1.96 bits per heavy atom. The zero-order valence-corrected chi connectivity index (χ0v) is 16.2. The zero-order valence-electron chi connectivity index (χ0n) is 16.2. The fourth-order valence-corrected chi connectivity index (χ4v) is 3.20. The molecular formula is C23H24O5. The lowest BCUT2D eigenvalue weighted by atomic mass is 10.1. The first-order valence-electron chi connectivity index (χ1n) is 9.73. The molecule has 4 rings (SSSR count). The van der Waals surface area contributed by atoms with E-state index in [1.54, 1.807) is 0 Å². The first-order chi connectivity index (χ1) is 13.6. The van der Waals surface area contributed by atoms with Crippen molar-refractivity contribution in [3.8, 4) is 22.8 Å². The second-order valence-electron chi connectivity index (χ2n) is 7.13. The Morgan fingerprint density at radius 1 is 1.11 bits per heavy atom. The minimum Gasteiger partial charge on any atom is -0.465 e. The summed E-state index contributed by atoms with van der Waals surface area (Å²) < 4.78 is 22.1. The Balaban J connectivity index is 1.41. The van der Waals surface area contributed by atoms with Crippen LogP contribution in [0.1, 0.15) is 32.3 Å². The molecule has 0 aliphatic carbocycles. The molecule has 2 aromatic carbocycles. The number of furan rings is 1. The van der Waals surface area contributed by atoms with Gasteiger partial charge in [-0.25, -0.2) is 0 Å². The number of hydrogen-bond acceptors (Lipinski definition) is 5. The van der Waals surface area contributed by atoms with Crippen molar-refractivity contribution in [2.24, 2.45) is 5.92 Å². The molecule has 0 radical (unpaired) electrons. The van der Waals surface area contributed by atoms with Crippen LogP contribution in [-0.4, -0.2) is 19.4 Å². The number of rotatable bonds is 7. The van der Waals surface area contributed by atoms with E-state index in [-0.39, 0.29) is 18.7 Å². The van der Waals surface area contributed by atoms with Crippen LogP contribution in [-0.2, 0) is 16.0 Å². The van der Waals surface area contributed by atoms with Gasteiger partial charge >= 0.3 is 5.97 Å². The van der Waals surface area contributed by atoms with Gasteiger partial charge in [0.05, 0.1) is 12.5 Å². The monoisotopic (exact) mass is 380 g/mol. The molecule has 1 atom stereocenters. The maximum absolute atomic E-state index is 11.7. The molecular weight excluding hydrogens is 356 g/mol. The van der Waals surface area contributed by atoms with Crippen molar-refractivity contribution < 1.29 is 23.4 Å². The van der Waals surface area contributed by atoms with Gasteiger partial charge in [0.2, 0.25) is 6.79 Å². The van der Waals surface area contributed by atoms with Crippen molar-refractivity contribution in [2.45, 2.75) is 33.1 Å². The maximum Gasteiger partial charge on any atom is 0.308 e. The summed E-state index contributed by atoms with van der Waals surface area (Å²) in [4.78, 5) is 11.7. The molecule has 0 unspecified atom stereocenters. The lowest BCUT2D eigenvalue weighted by molar-refractivity contribution is -0.148. The maximum atomic E-state index is 11.7. The second kappa shape index (κ2) is 7.97. The summed E-state index contributed by atoms with van der Waals surface area (Å²) in [6.07, 6.45) is 2.47. The van der Waals surface area contributed by atoms with Crippen molar-refractivity contribution in [1.29, 1.82) is 0 Å². The van der Waals surface area contributed by atoms with Gasteiger partial charge in [-0.2, -0.15) is 0 Å². The number of hydrogen-bond donors (Lipinski definition) is 0. The quantitative estimate of drug-likeness (QED) is 0.408. The SMILES string of the molecule is CC[C@@H](C)C(=O)OCCCc1ccc2oc(-c3ccc4c(c3)OCO4)cc2c1. The molecule has 5 nitrogen and oxygen atoms in total. The third kappa shape index (κ3) is 3.84. The molecule has 1 aliphatic rings. The summed E-state index contributed by atoms with van der Waals surface area (Å²) in [5.41, 5.74) is 3.00. The van der Waals surface area contributed by atoms with Crippen LogP contribution >= 0.6 is 0 Å². The molecule has 5 heteroatoms. The van der Waals surface area contributed by atoms with Crippen LogP contribution in [0.5, 0.6) is 11.5 Å². The third-order valence-corrected chi connectivity index (χ3v) is 5.11. The summed E-state index contributed by atoms with van der Waals surface area (Å²) >= 11 is 0. The molecule has 1 aliphatic heterocycles. The molecule has 0 fully saturated rings. The van der Waals surface area contributed by atoms with E-state index in [0.29, 0.717) is 6.61 Å². The van der Waals surface area contributed by atoms with Crippen LogP contribution in [0.4, 0.5) is 0 Å². The van der Waals surface area contributed by atoms with Crippen molar-refractivity contribution >= 4 is 16.9 Å². The van der Waals surface area contributed by atoms with E-state index < -0.39 is 0 Å². The molecule has 0 bridgehead atoms. The smallest absolute Gasteiger partial charge is 0.308 e. The zero-order chi connectivity index (χ0) is 19.5. The van der Waals surface area contributed by atoms with Crippen LogP contribution in [0.15, 0.2) is 46.9 Å². The average molecular weight is 380 g/mol. The van der Waals surface area contributed by atoms with Crippen LogP contribution < -0.4 is 9.47 Å². The highest BCUT2D eigenvalue weighted by Gasteiger charge is 2.16. The van der Waals surface area contributed by atoms with E-state index in [4.69, 9.17) is 18.6 Å². The highest BCUT2D eigenvalue weighted by atomic mass is 16.7. The van der Waals surface area contributed by atoms with Gasteiger partial charge < -0.3 is 18.6 Å². The van der Waals surface area contributed by atoms with Crippen molar-refractivity contribution in [3.63, 3.8) is 0 Å². The lowest BCUT2D eigenvalue weighted by Gasteiger charge is -2.09. The molecule has 2 heterocycles. The van der Waals surface area contributed by atoms with Gasteiger partial charge in [0, 0.05) is 10.9 Å². The number of aryl methyl sites for hydroxylation is 1. The van der Waals surface area contributed by atoms with E-state index in [9.17, 15) is 4.79 Å². The van der Waals surface area contributed by atoms with Crippen LogP contribution in [0.2, 0.25) is 0 Å². The third-order valence-electron chi connectivity index (χ3n) is 5.11. The molecule has 146 valence electrons. The number of fused-ring (bicyclic) bond motifs is 2. The van der Waals surface area contributed by atoms with Gasteiger partial charge in [0.15, 0.2) is 11.5 Å². The van der Waals surface area contributed by atoms with Gasteiger partial charge in [-0.3, -0.25) is 4.79 Å². The summed E-state index contributed by atoms with van der Waals surface area (Å²) in [6.45, 7) is 4.60. The summed E-state index contributed by atoms with van der Waals surface area (Å²) in [5.74, 6) is 2.16. The average Bonchev–Trinajstić information content (AvgIpc) is 3.35. The van der Waals surface area contributed by atoms with E-state index in [1.165, 1.54) is 5.56 Å². The standard InChI is InChI=1S/C23H24O5/c1-3-15(2)23(24)25-10-4-5-16-6-8-19-18(11-16)13-21(28-19)17-7-9-20-22(12-17)27-14-26-20/h6-9,11-13,15H,3-5,10,14H2,1-2H3/t15-/m1/s1. The predicted molar refractivity (Wildman–Crippen MR) is 107 cm³/mol. The van der Waals surface area contributed by atoms with E-state index >= 15 is 0 Å². The summed E-state index contributed by atoms with van der Waals surface area (Å²) in [7, 11) is 0. The van der Waals surface area contributed by atoms with Crippen molar-refractivity contribution in [3.05, 3.63) is 48.0 Å². The Morgan fingerprint density at radius 3 is 2.82 bits per heavy atom. The minimum absolute atomic E-state index is 0.0307. The second-order valence-corrected chi connectivity index (χ2v) is 7.13. The fraction of sp³-hybridized carbons (Fsp3) is 0.348. The molecule has 0 amide bonds. The Kier molecular flexibility index (Phi) is 5.24. The molecule has 0 N–H and O–H groups in total. The predicted octanol–water partition coefficient (Wildman–Crippen LogP) is 5.35. The van der Waals surface area contributed by atoms with Crippen molar-refractivity contribution in [1.82, 2.24) is 0 Å². The molecule has 0 saturated carbocycles. The summed E-state index contributed by atoms with van der Waals surface area (Å²) in [5, 5.41) is 1.06. The topological polar surface area (TPSA) is 57.9 Å². The fourth-order valence-electron chi connectivity index (χ4n) is 3.20. The largest absolute Gasteiger partial charge is 0.465 e. The normalized spacial score (nSPS) is 13.6. The number of ether oxygens (including phenoxy) is 3. The highest BCUT2D eigenvalue weighted by Crippen LogP contribution is 2.37. The first kappa shape index (κ1) is 18.4. The van der Waals surface area contributed by atoms with Gasteiger partial charge in [-0.05, 0) is 61.2 Å². The van der Waals surface area contributed by atoms with Crippen LogP contribution in [0.25, 0.3) is 22.3 Å². The van der Waals surface area contributed by atoms with E-state index in [2.05, 4.69) is 12.1 Å². The lowest BCUT2D eigenvalue weighted by Crippen LogP contribution is -2.14. The molecule has 1 aromatic heterocycles. The van der Waals surface area contributed by atoms with Gasteiger partial charge in [0.1, 0.15) is 11.3 Å². The van der Waals surface area contributed by atoms with E-state index in [0.717, 1.165) is 53.1 Å². The molecule has 0 spiro atoms. The Labute approximate surface area is 164 Å². The molecule has 0 saturated heterocycles. The number of esters is 1. The van der Waals surface area contributed by atoms with Gasteiger partial charge in [0.25, 0.3) is 0 Å². The number of carbonyl (C=O) groups excluding carboxylic acids is 1. The highest BCUT2D eigenvalue weighted by molar-refractivity contribution is 5.83. The number of benzene rings is 2. The Bertz CT molecular complexity index is 988. The first-order valence-corrected chi connectivity index (χ1v) is 9.73. The van der Waals surface area contributed by atoms with Crippen LogP contribution in [0, 0.1) is 5.92 Å². The summed E-state index contributed by atoms with van der Waals surface area (Å²) in [6, 6.07) is 14.0.